The molecule has 106 valence electrons. The number of hydrogen-bond donors (Lipinski definition) is 2. The van der Waals surface area contributed by atoms with Crippen molar-refractivity contribution in [2.45, 2.75) is 37.6 Å². The zero-order valence-electron chi connectivity index (χ0n) is 10.3. The summed E-state index contributed by atoms with van der Waals surface area (Å²) in [5.74, 6) is 3.11. The molecule has 1 fully saturated rings. The number of alkyl halides is 2. The summed E-state index contributed by atoms with van der Waals surface area (Å²) in [6, 6.07) is 5.69. The molecule has 3 N–H and O–H groups in total. The Morgan fingerprint density at radius 1 is 1.42 bits per heavy atom. The second kappa shape index (κ2) is 6.16. The Hall–Kier alpha value is -0.0400. The molecule has 0 heterocycles. The fourth-order valence-electron chi connectivity index (χ4n) is 2.64. The minimum absolute atomic E-state index is 0.00535. The average molecular weight is 398 g/mol. The van der Waals surface area contributed by atoms with Crippen molar-refractivity contribution in [1.82, 2.24) is 5.43 Å². The Bertz CT molecular complexity index is 454. The number of benzene rings is 1. The van der Waals surface area contributed by atoms with Gasteiger partial charge in [0.15, 0.2) is 0 Å². The number of rotatable bonds is 4. The van der Waals surface area contributed by atoms with E-state index in [9.17, 15) is 8.78 Å². The van der Waals surface area contributed by atoms with Gasteiger partial charge in [0.05, 0.1) is 0 Å². The molecule has 0 amide bonds. The van der Waals surface area contributed by atoms with Crippen LogP contribution >= 0.6 is 31.9 Å². The Kier molecular flexibility index (Phi) is 4.98. The first-order chi connectivity index (χ1) is 8.91. The van der Waals surface area contributed by atoms with E-state index < -0.39 is 5.92 Å². The molecule has 1 aliphatic carbocycles. The average Bonchev–Trinajstić information content (AvgIpc) is 2.69. The number of hydrogen-bond acceptors (Lipinski definition) is 2. The Morgan fingerprint density at radius 3 is 2.74 bits per heavy atom. The van der Waals surface area contributed by atoms with Crippen LogP contribution in [0.2, 0.25) is 0 Å². The van der Waals surface area contributed by atoms with Gasteiger partial charge in [-0.2, -0.15) is 0 Å². The third kappa shape index (κ3) is 3.97. The van der Waals surface area contributed by atoms with Crippen LogP contribution in [0.1, 0.15) is 37.3 Å². The van der Waals surface area contributed by atoms with Crippen LogP contribution < -0.4 is 11.3 Å². The summed E-state index contributed by atoms with van der Waals surface area (Å²) in [5, 5.41) is 0. The van der Waals surface area contributed by atoms with Crippen molar-refractivity contribution < 1.29 is 8.78 Å². The summed E-state index contributed by atoms with van der Waals surface area (Å²) in [4.78, 5) is 0. The molecular weight excluding hydrogens is 382 g/mol. The van der Waals surface area contributed by atoms with Gasteiger partial charge in [0.1, 0.15) is 0 Å². The second-order valence-corrected chi connectivity index (χ2v) is 6.86. The first-order valence-electron chi connectivity index (χ1n) is 6.20. The zero-order chi connectivity index (χ0) is 14.0. The van der Waals surface area contributed by atoms with Crippen LogP contribution in [-0.2, 0) is 0 Å². The SMILES string of the molecule is NNC(CC1CCC(F)(F)C1)c1cc(Br)ccc1Br. The van der Waals surface area contributed by atoms with Crippen LogP contribution in [0.25, 0.3) is 0 Å². The summed E-state index contributed by atoms with van der Waals surface area (Å²) < 4.78 is 28.3. The lowest BCUT2D eigenvalue weighted by atomic mass is 9.94. The second-order valence-electron chi connectivity index (χ2n) is 5.09. The van der Waals surface area contributed by atoms with Gasteiger partial charge in [-0.1, -0.05) is 31.9 Å². The van der Waals surface area contributed by atoms with Gasteiger partial charge in [0, 0.05) is 27.8 Å². The predicted molar refractivity (Wildman–Crippen MR) is 78.8 cm³/mol. The Morgan fingerprint density at radius 2 is 2.16 bits per heavy atom. The van der Waals surface area contributed by atoms with Crippen molar-refractivity contribution in [3.63, 3.8) is 0 Å². The molecule has 19 heavy (non-hydrogen) atoms. The van der Waals surface area contributed by atoms with Gasteiger partial charge in [-0.05, 0) is 42.5 Å². The minimum atomic E-state index is -2.50. The first-order valence-corrected chi connectivity index (χ1v) is 7.79. The van der Waals surface area contributed by atoms with E-state index in [1.54, 1.807) is 0 Å². The lowest BCUT2D eigenvalue weighted by molar-refractivity contribution is 0.00430. The van der Waals surface area contributed by atoms with Crippen LogP contribution in [0.3, 0.4) is 0 Å². The third-order valence-corrected chi connectivity index (χ3v) is 4.82. The van der Waals surface area contributed by atoms with E-state index in [4.69, 9.17) is 5.84 Å². The van der Waals surface area contributed by atoms with Crippen molar-refractivity contribution in [1.29, 1.82) is 0 Å². The normalized spacial score (nSPS) is 23.5. The lowest BCUT2D eigenvalue weighted by Gasteiger charge is -2.21. The maximum absolute atomic E-state index is 13.2. The molecule has 1 aliphatic rings. The molecule has 6 heteroatoms. The van der Waals surface area contributed by atoms with Crippen LogP contribution in [-0.4, -0.2) is 5.92 Å². The van der Waals surface area contributed by atoms with Crippen molar-refractivity contribution in [3.8, 4) is 0 Å². The molecule has 0 bridgehead atoms. The van der Waals surface area contributed by atoms with Crippen molar-refractivity contribution >= 4 is 31.9 Å². The standard InChI is InChI=1S/C13H16Br2F2N2/c14-9-1-2-11(15)10(6-9)12(19-18)5-8-3-4-13(16,17)7-8/h1-2,6,8,12,19H,3-5,7,18H2. The van der Waals surface area contributed by atoms with Gasteiger partial charge in [0.2, 0.25) is 5.92 Å². The van der Waals surface area contributed by atoms with Gasteiger partial charge in [-0.25, -0.2) is 8.78 Å². The van der Waals surface area contributed by atoms with Gasteiger partial charge < -0.3 is 0 Å². The number of hydrazine groups is 1. The molecule has 0 aromatic heterocycles. The summed E-state index contributed by atoms with van der Waals surface area (Å²) in [6.45, 7) is 0. The highest BCUT2D eigenvalue weighted by Gasteiger charge is 2.40. The van der Waals surface area contributed by atoms with Crippen LogP contribution in [0.15, 0.2) is 27.1 Å². The van der Waals surface area contributed by atoms with Gasteiger partial charge >= 0.3 is 0 Å². The van der Waals surface area contributed by atoms with Gasteiger partial charge in [-0.3, -0.25) is 11.3 Å². The summed E-state index contributed by atoms with van der Waals surface area (Å²) in [7, 11) is 0. The maximum atomic E-state index is 13.2. The monoisotopic (exact) mass is 396 g/mol. The highest BCUT2D eigenvalue weighted by molar-refractivity contribution is 9.11. The molecule has 0 spiro atoms. The molecular formula is C13H16Br2F2N2. The molecule has 0 aliphatic heterocycles. The first kappa shape index (κ1) is 15.4. The minimum Gasteiger partial charge on any atom is -0.271 e. The Balaban J connectivity index is 2.10. The largest absolute Gasteiger partial charge is 0.271 e. The molecule has 1 saturated carbocycles. The third-order valence-electron chi connectivity index (χ3n) is 3.61. The van der Waals surface area contributed by atoms with E-state index in [-0.39, 0.29) is 24.8 Å². The fraction of sp³-hybridized carbons (Fsp3) is 0.538. The number of nitrogens with one attached hydrogen (secondary N) is 1. The zero-order valence-corrected chi connectivity index (χ0v) is 13.5. The predicted octanol–water partition coefficient (Wildman–Crippen LogP) is 4.54. The highest BCUT2D eigenvalue weighted by atomic mass is 79.9. The maximum Gasteiger partial charge on any atom is 0.248 e. The molecule has 0 saturated heterocycles. The molecule has 1 aromatic rings. The lowest BCUT2D eigenvalue weighted by Crippen LogP contribution is -2.30. The summed E-state index contributed by atoms with van der Waals surface area (Å²) in [6.07, 6.45) is 1.16. The van der Waals surface area contributed by atoms with Crippen LogP contribution in [0.5, 0.6) is 0 Å². The summed E-state index contributed by atoms with van der Waals surface area (Å²) >= 11 is 6.89. The molecule has 2 atom stereocenters. The van der Waals surface area contributed by atoms with Crippen molar-refractivity contribution in [3.05, 3.63) is 32.7 Å². The molecule has 1 aromatic carbocycles. The van der Waals surface area contributed by atoms with E-state index in [0.29, 0.717) is 12.8 Å². The van der Waals surface area contributed by atoms with E-state index in [1.807, 2.05) is 18.2 Å². The van der Waals surface area contributed by atoms with E-state index in [0.717, 1.165) is 14.5 Å². The molecule has 2 unspecified atom stereocenters. The quantitative estimate of drug-likeness (QED) is 0.578. The van der Waals surface area contributed by atoms with Crippen LogP contribution in [0.4, 0.5) is 8.78 Å². The van der Waals surface area contributed by atoms with Crippen molar-refractivity contribution in [2.75, 3.05) is 0 Å². The topological polar surface area (TPSA) is 38.0 Å². The number of nitrogens with two attached hydrogens (primary N) is 1. The number of halogens is 4. The van der Waals surface area contributed by atoms with Gasteiger partial charge in [-0.15, -0.1) is 0 Å². The van der Waals surface area contributed by atoms with Crippen LogP contribution in [0, 0.1) is 5.92 Å². The molecule has 0 radical (unpaired) electrons. The Labute approximate surface area is 128 Å². The molecule has 2 nitrogen and oxygen atoms in total. The smallest absolute Gasteiger partial charge is 0.248 e. The molecule has 2 rings (SSSR count). The van der Waals surface area contributed by atoms with E-state index in [1.165, 1.54) is 0 Å². The van der Waals surface area contributed by atoms with E-state index in [2.05, 4.69) is 37.3 Å². The fourth-order valence-corrected chi connectivity index (χ4v) is 3.54. The summed E-state index contributed by atoms with van der Waals surface area (Å²) in [5.41, 5.74) is 3.74. The highest BCUT2D eigenvalue weighted by Crippen LogP contribution is 2.43. The van der Waals surface area contributed by atoms with Gasteiger partial charge in [0.25, 0.3) is 0 Å². The van der Waals surface area contributed by atoms with Crippen molar-refractivity contribution in [2.24, 2.45) is 11.8 Å². The van der Waals surface area contributed by atoms with E-state index >= 15 is 0 Å².